The maximum Gasteiger partial charge on any atom is 0.293 e. The van der Waals surface area contributed by atoms with Gasteiger partial charge in [-0.1, -0.05) is 0 Å². The van der Waals surface area contributed by atoms with Crippen molar-refractivity contribution < 1.29 is 17.6 Å². The van der Waals surface area contributed by atoms with Crippen LogP contribution in [-0.4, -0.2) is 46.5 Å². The molecule has 0 unspecified atom stereocenters. The van der Waals surface area contributed by atoms with Gasteiger partial charge >= 0.3 is 0 Å². The summed E-state index contributed by atoms with van der Waals surface area (Å²) in [5, 5.41) is 10.8. The van der Waals surface area contributed by atoms with E-state index in [9.17, 15) is 22.7 Å². The molecule has 2 rings (SSSR count). The van der Waals surface area contributed by atoms with Crippen LogP contribution in [0.3, 0.4) is 0 Å². The average molecular weight is 319 g/mol. The number of hydrogen-bond donors (Lipinski definition) is 1. The molecule has 1 aliphatic heterocycles. The molecule has 1 heterocycles. The second-order valence-electron chi connectivity index (χ2n) is 4.23. The molecular formula is C10H13N3O5S2. The number of anilines is 1. The van der Waals surface area contributed by atoms with Gasteiger partial charge in [-0.3, -0.25) is 14.3 Å². The standard InChI is InChI=1S/C10H13N3O5S2/c11-9-2-1-8(7-10(9)13(14)15)20(17,18)12-3-5-19(16)6-4-12/h1-2,7H,3-6,11H2. The predicted octanol–water partition coefficient (Wildman–Crippen LogP) is -0.0700. The molecule has 8 nitrogen and oxygen atoms in total. The maximum absolute atomic E-state index is 12.3. The Kier molecular flexibility index (Phi) is 4.06. The number of nitrogens with zero attached hydrogens (tertiary/aromatic N) is 2. The minimum absolute atomic E-state index is 0.0892. The summed E-state index contributed by atoms with van der Waals surface area (Å²) in [6, 6.07) is 3.40. The van der Waals surface area contributed by atoms with E-state index in [1.54, 1.807) is 0 Å². The topological polar surface area (TPSA) is 124 Å². The van der Waals surface area contributed by atoms with Crippen molar-refractivity contribution in [2.24, 2.45) is 0 Å². The molecule has 1 aromatic rings. The number of nitro benzene ring substituents is 1. The molecule has 0 aromatic heterocycles. The monoisotopic (exact) mass is 319 g/mol. The SMILES string of the molecule is Nc1ccc(S(=O)(=O)N2CCS(=O)CC2)cc1[N+](=O)[O-]. The molecule has 10 heteroatoms. The van der Waals surface area contributed by atoms with Crippen LogP contribution in [0.1, 0.15) is 0 Å². The Morgan fingerprint density at radius 2 is 1.90 bits per heavy atom. The first-order valence-electron chi connectivity index (χ1n) is 5.71. The Bertz CT molecular complexity index is 663. The normalized spacial score (nSPS) is 18.0. The van der Waals surface area contributed by atoms with Crippen LogP contribution < -0.4 is 5.73 Å². The average Bonchev–Trinajstić information content (AvgIpc) is 2.39. The fourth-order valence-electron chi connectivity index (χ4n) is 1.85. The fraction of sp³-hybridized carbons (Fsp3) is 0.400. The summed E-state index contributed by atoms with van der Waals surface area (Å²) in [7, 11) is -4.82. The zero-order chi connectivity index (χ0) is 14.9. The molecule has 1 fully saturated rings. The van der Waals surface area contributed by atoms with Gasteiger partial charge in [-0.05, 0) is 12.1 Å². The van der Waals surface area contributed by atoms with Crippen LogP contribution >= 0.6 is 0 Å². The first-order chi connectivity index (χ1) is 9.32. The molecule has 0 bridgehead atoms. The highest BCUT2D eigenvalue weighted by Crippen LogP contribution is 2.27. The molecule has 1 saturated heterocycles. The Hall–Kier alpha value is -1.52. The molecule has 0 aliphatic carbocycles. The van der Waals surface area contributed by atoms with E-state index in [2.05, 4.69) is 0 Å². The Labute approximate surface area is 118 Å². The van der Waals surface area contributed by atoms with Crippen molar-refractivity contribution in [2.45, 2.75) is 4.90 Å². The van der Waals surface area contributed by atoms with Crippen LogP contribution in [0.15, 0.2) is 23.1 Å². The van der Waals surface area contributed by atoms with Crippen molar-refractivity contribution in [1.82, 2.24) is 4.31 Å². The number of hydrogen-bond acceptors (Lipinski definition) is 6. The Morgan fingerprint density at radius 3 is 2.45 bits per heavy atom. The summed E-state index contributed by atoms with van der Waals surface area (Å²) in [6.07, 6.45) is 0. The molecule has 20 heavy (non-hydrogen) atoms. The zero-order valence-corrected chi connectivity index (χ0v) is 12.0. The zero-order valence-electron chi connectivity index (χ0n) is 10.4. The van der Waals surface area contributed by atoms with Gasteiger partial charge in [0.25, 0.3) is 5.69 Å². The van der Waals surface area contributed by atoms with Gasteiger partial charge in [0.1, 0.15) is 5.69 Å². The van der Waals surface area contributed by atoms with Crippen LogP contribution in [0.2, 0.25) is 0 Å². The van der Waals surface area contributed by atoms with Crippen molar-refractivity contribution in [3.05, 3.63) is 28.3 Å². The molecule has 2 N–H and O–H groups in total. The number of nitrogen functional groups attached to an aromatic ring is 1. The molecule has 0 amide bonds. The lowest BCUT2D eigenvalue weighted by molar-refractivity contribution is -0.384. The summed E-state index contributed by atoms with van der Waals surface area (Å²) >= 11 is 0. The van der Waals surface area contributed by atoms with Gasteiger partial charge in [0.15, 0.2) is 0 Å². The van der Waals surface area contributed by atoms with Gasteiger partial charge in [-0.2, -0.15) is 4.31 Å². The maximum atomic E-state index is 12.3. The van der Waals surface area contributed by atoms with E-state index in [1.165, 1.54) is 16.4 Å². The number of nitro groups is 1. The first kappa shape index (κ1) is 14.9. The van der Waals surface area contributed by atoms with E-state index in [4.69, 9.17) is 5.73 Å². The van der Waals surface area contributed by atoms with Crippen molar-refractivity contribution >= 4 is 32.2 Å². The van der Waals surface area contributed by atoms with E-state index >= 15 is 0 Å². The molecular weight excluding hydrogens is 306 g/mol. The summed E-state index contributed by atoms with van der Waals surface area (Å²) in [5.41, 5.74) is 4.91. The highest BCUT2D eigenvalue weighted by atomic mass is 32.2. The van der Waals surface area contributed by atoms with E-state index in [0.29, 0.717) is 0 Å². The summed E-state index contributed by atoms with van der Waals surface area (Å²) in [5.74, 6) is 0.548. The van der Waals surface area contributed by atoms with E-state index in [0.717, 1.165) is 6.07 Å². The van der Waals surface area contributed by atoms with E-state index in [1.807, 2.05) is 0 Å². The van der Waals surface area contributed by atoms with Crippen molar-refractivity contribution in [3.8, 4) is 0 Å². The lowest BCUT2D eigenvalue weighted by Gasteiger charge is -2.25. The van der Waals surface area contributed by atoms with Gasteiger partial charge in [0.2, 0.25) is 10.0 Å². The highest BCUT2D eigenvalue weighted by Gasteiger charge is 2.29. The van der Waals surface area contributed by atoms with Crippen LogP contribution in [0.4, 0.5) is 11.4 Å². The van der Waals surface area contributed by atoms with Gasteiger partial charge in [0, 0.05) is 41.5 Å². The molecule has 1 aromatic carbocycles. The quantitative estimate of drug-likeness (QED) is 0.472. The summed E-state index contributed by atoms with van der Waals surface area (Å²) in [4.78, 5) is 9.90. The smallest absolute Gasteiger partial charge is 0.293 e. The van der Waals surface area contributed by atoms with Crippen LogP contribution in [0.5, 0.6) is 0 Å². The van der Waals surface area contributed by atoms with E-state index in [-0.39, 0.29) is 35.2 Å². The molecule has 0 saturated carbocycles. The minimum atomic E-state index is -3.82. The lowest BCUT2D eigenvalue weighted by Crippen LogP contribution is -2.41. The van der Waals surface area contributed by atoms with Gasteiger partial charge < -0.3 is 5.73 Å². The van der Waals surface area contributed by atoms with E-state index < -0.39 is 31.4 Å². The third kappa shape index (κ3) is 2.81. The van der Waals surface area contributed by atoms with Crippen molar-refractivity contribution in [3.63, 3.8) is 0 Å². The van der Waals surface area contributed by atoms with Crippen LogP contribution in [0.25, 0.3) is 0 Å². The minimum Gasteiger partial charge on any atom is -0.393 e. The van der Waals surface area contributed by atoms with Crippen molar-refractivity contribution in [1.29, 1.82) is 0 Å². The molecule has 0 atom stereocenters. The first-order valence-corrected chi connectivity index (χ1v) is 8.64. The predicted molar refractivity (Wildman–Crippen MR) is 74.1 cm³/mol. The van der Waals surface area contributed by atoms with Crippen LogP contribution in [-0.2, 0) is 20.8 Å². The number of nitrogens with two attached hydrogens (primary N) is 1. The summed E-state index contributed by atoms with van der Waals surface area (Å²) < 4.78 is 37.1. The third-order valence-electron chi connectivity index (χ3n) is 2.97. The Balaban J connectivity index is 2.37. The van der Waals surface area contributed by atoms with Gasteiger partial charge in [0.05, 0.1) is 9.82 Å². The highest BCUT2D eigenvalue weighted by molar-refractivity contribution is 7.89. The van der Waals surface area contributed by atoms with Crippen LogP contribution in [0, 0.1) is 10.1 Å². The fourth-order valence-corrected chi connectivity index (χ4v) is 4.60. The molecule has 0 spiro atoms. The second kappa shape index (κ2) is 5.46. The number of rotatable bonds is 3. The largest absolute Gasteiger partial charge is 0.393 e. The van der Waals surface area contributed by atoms with Gasteiger partial charge in [-0.25, -0.2) is 8.42 Å². The third-order valence-corrected chi connectivity index (χ3v) is 6.14. The van der Waals surface area contributed by atoms with Crippen molar-refractivity contribution in [2.75, 3.05) is 30.3 Å². The number of benzene rings is 1. The Morgan fingerprint density at radius 1 is 1.30 bits per heavy atom. The lowest BCUT2D eigenvalue weighted by atomic mass is 10.3. The molecule has 0 radical (unpaired) electrons. The second-order valence-corrected chi connectivity index (χ2v) is 7.86. The summed E-state index contributed by atoms with van der Waals surface area (Å²) in [6.45, 7) is 0.292. The molecule has 1 aliphatic rings. The number of sulfonamides is 1. The van der Waals surface area contributed by atoms with Gasteiger partial charge in [-0.15, -0.1) is 0 Å². The molecule has 110 valence electrons.